The SMILES string of the molecule is Cc1cccc(COc2cccc(C(=O)N3CCC(C(=O)Nc4ccc(Cl)cn4)CC3)c2)c1. The van der Waals surface area contributed by atoms with Crippen LogP contribution in [0.3, 0.4) is 0 Å². The molecule has 3 aromatic rings. The third-order valence-corrected chi connectivity index (χ3v) is 5.92. The maximum Gasteiger partial charge on any atom is 0.253 e. The molecule has 1 saturated heterocycles. The number of pyridine rings is 1. The Morgan fingerprint density at radius 3 is 2.61 bits per heavy atom. The molecule has 0 radical (unpaired) electrons. The number of aromatic nitrogens is 1. The van der Waals surface area contributed by atoms with Crippen LogP contribution in [0.2, 0.25) is 5.02 Å². The average Bonchev–Trinajstić information content (AvgIpc) is 2.84. The first-order chi connectivity index (χ1) is 16.0. The number of benzene rings is 2. The van der Waals surface area contributed by atoms with Crippen molar-refractivity contribution >= 4 is 29.2 Å². The van der Waals surface area contributed by atoms with Gasteiger partial charge < -0.3 is 15.0 Å². The van der Waals surface area contributed by atoms with Gasteiger partial charge in [0.25, 0.3) is 5.91 Å². The van der Waals surface area contributed by atoms with Crippen molar-refractivity contribution in [3.8, 4) is 5.75 Å². The molecule has 0 aliphatic carbocycles. The van der Waals surface area contributed by atoms with Crippen molar-refractivity contribution < 1.29 is 14.3 Å². The second kappa shape index (κ2) is 10.5. The van der Waals surface area contributed by atoms with Gasteiger partial charge in [-0.05, 0) is 55.7 Å². The number of piperidine rings is 1. The van der Waals surface area contributed by atoms with Gasteiger partial charge in [0.15, 0.2) is 0 Å². The zero-order chi connectivity index (χ0) is 23.2. The monoisotopic (exact) mass is 463 g/mol. The number of halogens is 1. The molecule has 1 aromatic heterocycles. The van der Waals surface area contributed by atoms with Crippen molar-refractivity contribution in [2.24, 2.45) is 5.92 Å². The van der Waals surface area contributed by atoms with E-state index in [-0.39, 0.29) is 17.7 Å². The second-order valence-corrected chi connectivity index (χ2v) is 8.66. The second-order valence-electron chi connectivity index (χ2n) is 8.22. The highest BCUT2D eigenvalue weighted by Gasteiger charge is 2.28. The summed E-state index contributed by atoms with van der Waals surface area (Å²) < 4.78 is 5.90. The largest absolute Gasteiger partial charge is 0.489 e. The number of aryl methyl sites for hydroxylation is 1. The number of nitrogens with one attached hydrogen (secondary N) is 1. The Balaban J connectivity index is 1.30. The van der Waals surface area contributed by atoms with Crippen molar-refractivity contribution in [3.05, 3.63) is 88.6 Å². The van der Waals surface area contributed by atoms with Crippen LogP contribution < -0.4 is 10.1 Å². The predicted octanol–water partition coefficient (Wildman–Crippen LogP) is 5.11. The first-order valence-electron chi connectivity index (χ1n) is 11.0. The lowest BCUT2D eigenvalue weighted by molar-refractivity contribution is -0.121. The normalized spacial score (nSPS) is 14.1. The lowest BCUT2D eigenvalue weighted by atomic mass is 9.95. The molecule has 7 heteroatoms. The van der Waals surface area contributed by atoms with E-state index in [0.29, 0.717) is 54.7 Å². The summed E-state index contributed by atoms with van der Waals surface area (Å²) >= 11 is 5.83. The highest BCUT2D eigenvalue weighted by molar-refractivity contribution is 6.30. The van der Waals surface area contributed by atoms with Gasteiger partial charge in [0.05, 0.1) is 5.02 Å². The maximum atomic E-state index is 13.0. The van der Waals surface area contributed by atoms with Crippen molar-refractivity contribution in [1.29, 1.82) is 0 Å². The van der Waals surface area contributed by atoms with Gasteiger partial charge in [-0.3, -0.25) is 9.59 Å². The smallest absolute Gasteiger partial charge is 0.253 e. The Morgan fingerprint density at radius 2 is 1.88 bits per heavy atom. The van der Waals surface area contributed by atoms with Crippen LogP contribution in [0, 0.1) is 12.8 Å². The molecule has 0 saturated carbocycles. The van der Waals surface area contributed by atoms with Crippen LogP contribution in [0.5, 0.6) is 5.75 Å². The van der Waals surface area contributed by atoms with Gasteiger partial charge in [-0.2, -0.15) is 0 Å². The summed E-state index contributed by atoms with van der Waals surface area (Å²) in [5, 5.41) is 3.34. The van der Waals surface area contributed by atoms with E-state index in [9.17, 15) is 9.59 Å². The molecule has 0 atom stereocenters. The summed E-state index contributed by atoms with van der Waals surface area (Å²) in [5.41, 5.74) is 2.85. The molecule has 6 nitrogen and oxygen atoms in total. The van der Waals surface area contributed by atoms with Crippen molar-refractivity contribution in [3.63, 3.8) is 0 Å². The Bertz CT molecular complexity index is 1130. The highest BCUT2D eigenvalue weighted by Crippen LogP contribution is 2.23. The fraction of sp³-hybridized carbons (Fsp3) is 0.269. The molecule has 0 bridgehead atoms. The van der Waals surface area contributed by atoms with E-state index in [4.69, 9.17) is 16.3 Å². The van der Waals surface area contributed by atoms with Crippen LogP contribution in [-0.4, -0.2) is 34.8 Å². The zero-order valence-electron chi connectivity index (χ0n) is 18.5. The zero-order valence-corrected chi connectivity index (χ0v) is 19.2. The van der Waals surface area contributed by atoms with Gasteiger partial charge in [0.2, 0.25) is 5.91 Å². The van der Waals surface area contributed by atoms with Crippen molar-refractivity contribution in [2.45, 2.75) is 26.4 Å². The molecule has 2 heterocycles. The molecule has 2 aromatic carbocycles. The molecular formula is C26H26ClN3O3. The Labute approximate surface area is 198 Å². The summed E-state index contributed by atoms with van der Waals surface area (Å²) in [4.78, 5) is 31.5. The van der Waals surface area contributed by atoms with E-state index in [1.807, 2.05) is 37.3 Å². The molecule has 170 valence electrons. The molecule has 1 aliphatic heterocycles. The van der Waals surface area contributed by atoms with Crippen LogP contribution >= 0.6 is 11.6 Å². The third-order valence-electron chi connectivity index (χ3n) is 5.70. The van der Waals surface area contributed by atoms with Gasteiger partial charge in [-0.25, -0.2) is 4.98 Å². The summed E-state index contributed by atoms with van der Waals surface area (Å²) in [6.45, 7) is 3.55. The molecule has 33 heavy (non-hydrogen) atoms. The average molecular weight is 464 g/mol. The van der Waals surface area contributed by atoms with Crippen molar-refractivity contribution in [1.82, 2.24) is 9.88 Å². The quantitative estimate of drug-likeness (QED) is 0.551. The minimum atomic E-state index is -0.157. The number of carbonyl (C=O) groups excluding carboxylic acids is 2. The molecule has 1 aliphatic rings. The lowest BCUT2D eigenvalue weighted by Crippen LogP contribution is -2.41. The predicted molar refractivity (Wildman–Crippen MR) is 128 cm³/mol. The number of anilines is 1. The fourth-order valence-corrected chi connectivity index (χ4v) is 4.00. The Hall–Kier alpha value is -3.38. The van der Waals surface area contributed by atoms with E-state index in [1.165, 1.54) is 11.8 Å². The molecule has 2 amide bonds. The number of rotatable bonds is 6. The minimum Gasteiger partial charge on any atom is -0.489 e. The van der Waals surface area contributed by atoms with Gasteiger partial charge in [-0.1, -0.05) is 47.5 Å². The van der Waals surface area contributed by atoms with E-state index < -0.39 is 0 Å². The topological polar surface area (TPSA) is 71.5 Å². The van der Waals surface area contributed by atoms with Crippen LogP contribution in [-0.2, 0) is 11.4 Å². The van der Waals surface area contributed by atoms with E-state index in [2.05, 4.69) is 16.4 Å². The summed E-state index contributed by atoms with van der Waals surface area (Å²) in [5.74, 6) is 0.852. The number of hydrogen-bond acceptors (Lipinski definition) is 4. The summed E-state index contributed by atoms with van der Waals surface area (Å²) in [6, 6.07) is 18.8. The molecule has 1 fully saturated rings. The third kappa shape index (κ3) is 6.11. The molecule has 4 rings (SSSR count). The van der Waals surface area contributed by atoms with Crippen LogP contribution in [0.4, 0.5) is 5.82 Å². The molecular weight excluding hydrogens is 438 g/mol. The molecule has 0 unspecified atom stereocenters. The Morgan fingerprint density at radius 1 is 1.09 bits per heavy atom. The molecule has 1 N–H and O–H groups in total. The minimum absolute atomic E-state index is 0.0470. The van der Waals surface area contributed by atoms with E-state index in [0.717, 1.165) is 5.56 Å². The van der Waals surface area contributed by atoms with E-state index >= 15 is 0 Å². The maximum absolute atomic E-state index is 13.0. The number of carbonyl (C=O) groups is 2. The first kappa shape index (κ1) is 22.8. The van der Waals surface area contributed by atoms with Gasteiger partial charge >= 0.3 is 0 Å². The number of nitrogens with zero attached hydrogens (tertiary/aromatic N) is 2. The highest BCUT2D eigenvalue weighted by atomic mass is 35.5. The lowest BCUT2D eigenvalue weighted by Gasteiger charge is -2.31. The summed E-state index contributed by atoms with van der Waals surface area (Å²) in [6.07, 6.45) is 2.71. The van der Waals surface area contributed by atoms with Crippen LogP contribution in [0.1, 0.15) is 34.3 Å². The van der Waals surface area contributed by atoms with Crippen LogP contribution in [0.15, 0.2) is 66.9 Å². The van der Waals surface area contributed by atoms with Crippen molar-refractivity contribution in [2.75, 3.05) is 18.4 Å². The Kier molecular flexibility index (Phi) is 7.25. The number of likely N-dealkylation sites (tertiary alicyclic amines) is 1. The fourth-order valence-electron chi connectivity index (χ4n) is 3.89. The van der Waals surface area contributed by atoms with Crippen LogP contribution in [0.25, 0.3) is 0 Å². The van der Waals surface area contributed by atoms with Gasteiger partial charge in [0.1, 0.15) is 18.2 Å². The number of ether oxygens (including phenoxy) is 1. The molecule has 0 spiro atoms. The van der Waals surface area contributed by atoms with E-state index in [1.54, 1.807) is 29.2 Å². The standard InChI is InChI=1S/C26H26ClN3O3/c1-18-4-2-5-19(14-18)17-33-23-7-3-6-21(15-23)26(32)30-12-10-20(11-13-30)25(31)29-24-9-8-22(27)16-28-24/h2-9,14-16,20H,10-13,17H2,1H3,(H,28,29,31). The number of amides is 2. The van der Waals surface area contributed by atoms with Gasteiger partial charge in [-0.15, -0.1) is 0 Å². The summed E-state index contributed by atoms with van der Waals surface area (Å²) in [7, 11) is 0. The first-order valence-corrected chi connectivity index (χ1v) is 11.4. The van der Waals surface area contributed by atoms with Gasteiger partial charge in [0, 0.05) is 30.8 Å². The number of hydrogen-bond donors (Lipinski definition) is 1.